The van der Waals surface area contributed by atoms with E-state index < -0.39 is 11.7 Å². The fourth-order valence-corrected chi connectivity index (χ4v) is 2.34. The first-order valence-corrected chi connectivity index (χ1v) is 6.93. The minimum absolute atomic E-state index is 0.0195. The molecule has 1 atom stereocenters. The van der Waals surface area contributed by atoms with Gasteiger partial charge in [0.15, 0.2) is 0 Å². The summed E-state index contributed by atoms with van der Waals surface area (Å²) in [7, 11) is 0. The first-order valence-electron chi connectivity index (χ1n) is 6.55. The van der Waals surface area contributed by atoms with Crippen LogP contribution in [0.5, 0.6) is 0 Å². The van der Waals surface area contributed by atoms with Crippen molar-refractivity contribution in [3.63, 3.8) is 0 Å². The zero-order valence-corrected chi connectivity index (χ0v) is 12.3. The molecule has 2 rings (SSSR count). The van der Waals surface area contributed by atoms with Gasteiger partial charge in [0.05, 0.1) is 0 Å². The highest BCUT2D eigenvalue weighted by Gasteiger charge is 2.11. The molecule has 2 aromatic rings. The van der Waals surface area contributed by atoms with E-state index in [2.05, 4.69) is 5.32 Å². The minimum Gasteiger partial charge on any atom is -0.366 e. The number of hydrogen-bond acceptors (Lipinski definition) is 2. The Morgan fingerprint density at radius 2 is 2.05 bits per heavy atom. The highest BCUT2D eigenvalue weighted by molar-refractivity contribution is 6.31. The molecule has 110 valence electrons. The Morgan fingerprint density at radius 1 is 1.33 bits per heavy atom. The normalized spacial score (nSPS) is 12.1. The van der Waals surface area contributed by atoms with E-state index in [4.69, 9.17) is 17.3 Å². The molecule has 0 aromatic heterocycles. The van der Waals surface area contributed by atoms with Gasteiger partial charge >= 0.3 is 0 Å². The van der Waals surface area contributed by atoms with Gasteiger partial charge in [0.2, 0.25) is 5.91 Å². The Bertz CT molecular complexity index is 660. The first-order chi connectivity index (χ1) is 9.99. The van der Waals surface area contributed by atoms with Gasteiger partial charge in [0.1, 0.15) is 5.82 Å². The highest BCUT2D eigenvalue weighted by Crippen LogP contribution is 2.22. The van der Waals surface area contributed by atoms with Crippen LogP contribution in [0.2, 0.25) is 5.02 Å². The average molecular weight is 307 g/mol. The molecule has 2 aromatic carbocycles. The second-order valence-corrected chi connectivity index (χ2v) is 5.20. The van der Waals surface area contributed by atoms with Gasteiger partial charge in [-0.05, 0) is 30.7 Å². The fourth-order valence-electron chi connectivity index (χ4n) is 2.04. The number of nitrogens with two attached hydrogens (primary N) is 1. The molecular weight excluding hydrogens is 291 g/mol. The van der Waals surface area contributed by atoms with Crippen molar-refractivity contribution in [1.82, 2.24) is 5.32 Å². The second kappa shape index (κ2) is 6.70. The summed E-state index contributed by atoms with van der Waals surface area (Å²) in [6.45, 7) is 2.29. The lowest BCUT2D eigenvalue weighted by molar-refractivity contribution is 0.1000. The molecule has 3 nitrogen and oxygen atoms in total. The van der Waals surface area contributed by atoms with Crippen molar-refractivity contribution < 1.29 is 9.18 Å². The number of halogens is 2. The Balaban J connectivity index is 2.06. The smallest absolute Gasteiger partial charge is 0.248 e. The molecule has 0 radical (unpaired) electrons. The first kappa shape index (κ1) is 15.5. The summed E-state index contributed by atoms with van der Waals surface area (Å²) in [6, 6.07) is 11.7. The summed E-state index contributed by atoms with van der Waals surface area (Å²) in [5.74, 6) is -1.09. The molecule has 1 amide bonds. The lowest BCUT2D eigenvalue weighted by Crippen LogP contribution is -2.19. The Morgan fingerprint density at radius 3 is 2.67 bits per heavy atom. The van der Waals surface area contributed by atoms with Crippen LogP contribution in [0.25, 0.3) is 0 Å². The molecule has 0 aliphatic heterocycles. The number of amides is 1. The van der Waals surface area contributed by atoms with E-state index in [-0.39, 0.29) is 11.6 Å². The van der Waals surface area contributed by atoms with Crippen LogP contribution in [0.3, 0.4) is 0 Å². The van der Waals surface area contributed by atoms with Crippen molar-refractivity contribution >= 4 is 17.5 Å². The van der Waals surface area contributed by atoms with Crippen molar-refractivity contribution in [2.45, 2.75) is 19.5 Å². The maximum absolute atomic E-state index is 13.9. The molecule has 0 unspecified atom stereocenters. The molecule has 0 heterocycles. The van der Waals surface area contributed by atoms with Crippen LogP contribution < -0.4 is 11.1 Å². The van der Waals surface area contributed by atoms with Gasteiger partial charge in [-0.25, -0.2) is 4.39 Å². The van der Waals surface area contributed by atoms with E-state index in [0.29, 0.717) is 17.1 Å². The lowest BCUT2D eigenvalue weighted by Gasteiger charge is -2.16. The van der Waals surface area contributed by atoms with Crippen LogP contribution in [-0.4, -0.2) is 5.91 Å². The van der Waals surface area contributed by atoms with Crippen LogP contribution >= 0.6 is 11.6 Å². The van der Waals surface area contributed by atoms with Gasteiger partial charge in [0.25, 0.3) is 0 Å². The monoisotopic (exact) mass is 306 g/mol. The molecule has 21 heavy (non-hydrogen) atoms. The molecular formula is C16H16ClFN2O. The van der Waals surface area contributed by atoms with Gasteiger partial charge in [-0.1, -0.05) is 35.9 Å². The van der Waals surface area contributed by atoms with E-state index >= 15 is 0 Å². The minimum atomic E-state index is -0.641. The van der Waals surface area contributed by atoms with E-state index in [0.717, 1.165) is 11.6 Å². The summed E-state index contributed by atoms with van der Waals surface area (Å²) in [5, 5.41) is 3.87. The maximum Gasteiger partial charge on any atom is 0.248 e. The van der Waals surface area contributed by atoms with Crippen LogP contribution in [0.4, 0.5) is 4.39 Å². The third kappa shape index (κ3) is 3.80. The number of hydrogen-bond donors (Lipinski definition) is 2. The SMILES string of the molecule is C[C@H](NCc1ccc(C(N)=O)cc1F)c1ccccc1Cl. The van der Waals surface area contributed by atoms with Crippen LogP contribution in [0, 0.1) is 5.82 Å². The molecule has 0 saturated carbocycles. The zero-order valence-electron chi connectivity index (χ0n) is 11.6. The molecule has 0 fully saturated rings. The van der Waals surface area contributed by atoms with Gasteiger partial charge in [-0.2, -0.15) is 0 Å². The molecule has 3 N–H and O–H groups in total. The van der Waals surface area contributed by atoms with Gasteiger partial charge in [0, 0.05) is 28.7 Å². The van der Waals surface area contributed by atoms with Crippen LogP contribution in [0.15, 0.2) is 42.5 Å². The number of carbonyl (C=O) groups excluding carboxylic acids is 1. The van der Waals surface area contributed by atoms with E-state index in [1.54, 1.807) is 6.07 Å². The topological polar surface area (TPSA) is 55.1 Å². The van der Waals surface area contributed by atoms with E-state index in [1.807, 2.05) is 31.2 Å². The molecule has 0 aliphatic carbocycles. The number of rotatable bonds is 5. The quantitative estimate of drug-likeness (QED) is 0.889. The standard InChI is InChI=1S/C16H16ClFN2O/c1-10(13-4-2-3-5-14(13)17)20-9-12-7-6-11(16(19)21)8-15(12)18/h2-8,10,20H,9H2,1H3,(H2,19,21)/t10-/m0/s1. The zero-order chi connectivity index (χ0) is 15.4. The largest absolute Gasteiger partial charge is 0.366 e. The summed E-state index contributed by atoms with van der Waals surface area (Å²) >= 11 is 6.12. The Kier molecular flexibility index (Phi) is 4.94. The third-order valence-corrected chi connectivity index (χ3v) is 3.65. The molecule has 0 aliphatic rings. The molecule has 0 spiro atoms. The summed E-state index contributed by atoms with van der Waals surface area (Å²) in [4.78, 5) is 11.0. The van der Waals surface area contributed by atoms with Crippen molar-refractivity contribution in [3.05, 3.63) is 70.0 Å². The Labute approximate surface area is 127 Å². The third-order valence-electron chi connectivity index (χ3n) is 3.31. The predicted octanol–water partition coefficient (Wildman–Crippen LogP) is 3.43. The number of nitrogens with one attached hydrogen (secondary N) is 1. The molecule has 0 saturated heterocycles. The number of primary amides is 1. The molecule has 0 bridgehead atoms. The Hall–Kier alpha value is -1.91. The second-order valence-electron chi connectivity index (χ2n) is 4.79. The van der Waals surface area contributed by atoms with Gasteiger partial charge in [-0.3, -0.25) is 4.79 Å². The highest BCUT2D eigenvalue weighted by atomic mass is 35.5. The summed E-state index contributed by atoms with van der Waals surface area (Å²) < 4.78 is 13.9. The summed E-state index contributed by atoms with van der Waals surface area (Å²) in [6.07, 6.45) is 0. The lowest BCUT2D eigenvalue weighted by atomic mass is 10.1. The van der Waals surface area contributed by atoms with Gasteiger partial charge in [-0.15, -0.1) is 0 Å². The van der Waals surface area contributed by atoms with Crippen LogP contribution in [-0.2, 0) is 6.54 Å². The average Bonchev–Trinajstić information content (AvgIpc) is 2.46. The van der Waals surface area contributed by atoms with Crippen molar-refractivity contribution in [2.75, 3.05) is 0 Å². The summed E-state index contributed by atoms with van der Waals surface area (Å²) in [5.41, 5.74) is 6.70. The van der Waals surface area contributed by atoms with Crippen molar-refractivity contribution in [3.8, 4) is 0 Å². The fraction of sp³-hybridized carbons (Fsp3) is 0.188. The van der Waals surface area contributed by atoms with E-state index in [9.17, 15) is 9.18 Å². The number of benzene rings is 2. The predicted molar refractivity (Wildman–Crippen MR) is 81.6 cm³/mol. The van der Waals surface area contributed by atoms with Crippen LogP contribution in [0.1, 0.15) is 34.5 Å². The molecule has 5 heteroatoms. The van der Waals surface area contributed by atoms with Crippen molar-refractivity contribution in [1.29, 1.82) is 0 Å². The maximum atomic E-state index is 13.9. The van der Waals surface area contributed by atoms with Gasteiger partial charge < -0.3 is 11.1 Å². The van der Waals surface area contributed by atoms with Crippen molar-refractivity contribution in [2.24, 2.45) is 5.73 Å². The number of carbonyl (C=O) groups is 1. The van der Waals surface area contributed by atoms with E-state index in [1.165, 1.54) is 6.07 Å².